The highest BCUT2D eigenvalue weighted by Gasteiger charge is 2.81. The lowest BCUT2D eigenvalue weighted by Gasteiger charge is -2.36. The number of halogens is 16. The number of hydrogen-bond donors (Lipinski definition) is 1. The monoisotopic (exact) mass is 813 g/mol. The van der Waals surface area contributed by atoms with E-state index in [-0.39, 0.29) is 21.7 Å². The molecule has 244 valence electrons. The van der Waals surface area contributed by atoms with E-state index in [9.17, 15) is 62.3 Å². The highest BCUT2D eigenvalue weighted by Crippen LogP contribution is 2.59. The van der Waals surface area contributed by atoms with Gasteiger partial charge in [-0.3, -0.25) is 9.59 Å². The summed E-state index contributed by atoms with van der Waals surface area (Å²) in [6.45, 7) is 0. The largest absolute Gasteiger partial charge is 0.457 e. The van der Waals surface area contributed by atoms with Gasteiger partial charge in [0.1, 0.15) is 0 Å². The highest BCUT2D eigenvalue weighted by atomic mass is 127. The Morgan fingerprint density at radius 2 is 1.38 bits per heavy atom. The second-order valence-corrected chi connectivity index (χ2v) is 11.0. The summed E-state index contributed by atoms with van der Waals surface area (Å²) in [5, 5.41) is 2.09. The van der Waals surface area contributed by atoms with Crippen molar-refractivity contribution in [1.29, 1.82) is 0 Å². The van der Waals surface area contributed by atoms with Crippen LogP contribution in [0.25, 0.3) is 0 Å². The molecule has 0 spiro atoms. The number of amides is 1. The van der Waals surface area contributed by atoms with E-state index in [0.717, 1.165) is 46.9 Å². The number of ketones is 1. The fourth-order valence-corrected chi connectivity index (χ4v) is 5.03. The summed E-state index contributed by atoms with van der Waals surface area (Å²) < 4.78 is 178. The fraction of sp³-hybridized carbons (Fsp3) is 0.231. The van der Waals surface area contributed by atoms with E-state index in [1.807, 2.05) is 0 Å². The Bertz CT molecular complexity index is 1660. The van der Waals surface area contributed by atoms with Gasteiger partial charge in [-0.1, -0.05) is 29.3 Å². The topological polar surface area (TPSA) is 46.2 Å². The summed E-state index contributed by atoms with van der Waals surface area (Å²) in [4.78, 5) is 25.4. The first-order chi connectivity index (χ1) is 20.3. The maximum absolute atomic E-state index is 15.2. The molecule has 0 saturated carbocycles. The molecule has 0 fully saturated rings. The summed E-state index contributed by atoms with van der Waals surface area (Å²) in [6.07, 6.45) is -21.6. The van der Waals surface area contributed by atoms with Crippen LogP contribution in [0, 0.1) is 9.39 Å². The second-order valence-electron chi connectivity index (χ2n) is 9.06. The molecule has 3 aromatic rings. The molecule has 0 radical (unpaired) electrons. The van der Waals surface area contributed by atoms with Gasteiger partial charge in [-0.15, -0.1) is 0 Å². The number of hydrogen-bond acceptors (Lipinski definition) is 2. The maximum atomic E-state index is 15.2. The SMILES string of the molecule is O=C(Nc1cccc(C(=O)Cc2c(I)cc(C(F)(C(F)(F)F)C(F)(F)C(F)(F)F)cc2C(F)(F)F)c1F)c1ccc(Cl)c(Cl)c1. The number of carbonyl (C=O) groups excluding carboxylic acids is 2. The lowest BCUT2D eigenvalue weighted by atomic mass is 9.85. The van der Waals surface area contributed by atoms with E-state index in [2.05, 4.69) is 5.32 Å². The molecule has 3 nitrogen and oxygen atoms in total. The van der Waals surface area contributed by atoms with Gasteiger partial charge in [0.05, 0.1) is 26.9 Å². The third-order valence-electron chi connectivity index (χ3n) is 6.14. The smallest absolute Gasteiger partial charge is 0.319 e. The Labute approximate surface area is 266 Å². The maximum Gasteiger partial charge on any atom is 0.457 e. The van der Waals surface area contributed by atoms with Gasteiger partial charge in [-0.25, -0.2) is 8.78 Å². The minimum absolute atomic E-state index is 0.0582. The Kier molecular flexibility index (Phi) is 10.1. The summed E-state index contributed by atoms with van der Waals surface area (Å²) in [5.41, 5.74) is -14.9. The van der Waals surface area contributed by atoms with Crippen molar-refractivity contribution in [3.05, 3.63) is 95.8 Å². The molecule has 1 N–H and O–H groups in total. The van der Waals surface area contributed by atoms with Crippen LogP contribution in [0.4, 0.5) is 62.8 Å². The van der Waals surface area contributed by atoms with Crippen LogP contribution in [-0.4, -0.2) is 30.0 Å². The number of Topliss-reactive ketones (excluding diaryl/α,β-unsaturated/α-hetero) is 1. The van der Waals surface area contributed by atoms with Crippen LogP contribution < -0.4 is 5.32 Å². The van der Waals surface area contributed by atoms with Crippen LogP contribution >= 0.6 is 45.8 Å². The summed E-state index contributed by atoms with van der Waals surface area (Å²) in [6, 6.07) is 4.94. The van der Waals surface area contributed by atoms with Crippen molar-refractivity contribution in [2.45, 2.75) is 36.5 Å². The molecule has 0 bridgehead atoms. The number of alkyl halides is 12. The first-order valence-electron chi connectivity index (χ1n) is 11.5. The van der Waals surface area contributed by atoms with Gasteiger partial charge in [0.2, 0.25) is 0 Å². The molecule has 0 aliphatic rings. The van der Waals surface area contributed by atoms with Crippen LogP contribution in [0.5, 0.6) is 0 Å². The van der Waals surface area contributed by atoms with E-state index in [4.69, 9.17) is 23.2 Å². The lowest BCUT2D eigenvalue weighted by Crippen LogP contribution is -2.59. The molecule has 1 unspecified atom stereocenters. The Morgan fingerprint density at radius 3 is 1.89 bits per heavy atom. The molecule has 0 heterocycles. The lowest BCUT2D eigenvalue weighted by molar-refractivity contribution is -0.389. The Hall–Kier alpha value is -2.80. The number of carbonyl (C=O) groups is 2. The van der Waals surface area contributed by atoms with Crippen molar-refractivity contribution >= 4 is 63.2 Å². The van der Waals surface area contributed by atoms with Crippen LogP contribution in [0.2, 0.25) is 10.0 Å². The Balaban J connectivity index is 2.09. The quantitative estimate of drug-likeness (QED) is 0.147. The van der Waals surface area contributed by atoms with E-state index < -0.39 is 91.6 Å². The van der Waals surface area contributed by atoms with Gasteiger partial charge < -0.3 is 5.32 Å². The van der Waals surface area contributed by atoms with E-state index in [1.165, 1.54) is 12.1 Å². The van der Waals surface area contributed by atoms with E-state index in [0.29, 0.717) is 0 Å². The van der Waals surface area contributed by atoms with Gasteiger partial charge in [-0.2, -0.15) is 48.3 Å². The molecule has 3 aromatic carbocycles. The number of benzene rings is 3. The van der Waals surface area contributed by atoms with E-state index >= 15 is 4.39 Å². The predicted molar refractivity (Wildman–Crippen MR) is 143 cm³/mol. The molecular formula is C26H11Cl2F13INO2. The molecule has 0 saturated heterocycles. The van der Waals surface area contributed by atoms with Gasteiger partial charge in [0.15, 0.2) is 11.6 Å². The zero-order chi connectivity index (χ0) is 34.5. The van der Waals surface area contributed by atoms with E-state index in [1.54, 1.807) is 0 Å². The van der Waals surface area contributed by atoms with Crippen LogP contribution in [-0.2, 0) is 18.3 Å². The molecule has 0 aromatic heterocycles. The molecule has 3 rings (SSSR count). The first-order valence-corrected chi connectivity index (χ1v) is 13.4. The third-order valence-corrected chi connectivity index (χ3v) is 7.85. The van der Waals surface area contributed by atoms with Crippen LogP contribution in [0.3, 0.4) is 0 Å². The summed E-state index contributed by atoms with van der Waals surface area (Å²) >= 11 is 12.4. The molecule has 19 heteroatoms. The van der Waals surface area contributed by atoms with Crippen LogP contribution in [0.1, 0.15) is 37.4 Å². The zero-order valence-corrected chi connectivity index (χ0v) is 24.9. The summed E-state index contributed by atoms with van der Waals surface area (Å²) in [7, 11) is 0. The second kappa shape index (κ2) is 12.4. The van der Waals surface area contributed by atoms with Crippen LogP contribution in [0.15, 0.2) is 48.5 Å². The van der Waals surface area contributed by atoms with Crippen molar-refractivity contribution in [3.8, 4) is 0 Å². The van der Waals surface area contributed by atoms with Crippen molar-refractivity contribution < 1.29 is 66.7 Å². The number of anilines is 1. The van der Waals surface area contributed by atoms with Crippen molar-refractivity contribution in [2.24, 2.45) is 0 Å². The van der Waals surface area contributed by atoms with Crippen molar-refractivity contribution in [3.63, 3.8) is 0 Å². The third kappa shape index (κ3) is 6.99. The fourth-order valence-electron chi connectivity index (χ4n) is 3.92. The summed E-state index contributed by atoms with van der Waals surface area (Å²) in [5.74, 6) is -11.2. The van der Waals surface area contributed by atoms with Gasteiger partial charge in [0.25, 0.3) is 5.91 Å². The van der Waals surface area contributed by atoms with Crippen molar-refractivity contribution in [1.82, 2.24) is 0 Å². The Morgan fingerprint density at radius 1 is 0.778 bits per heavy atom. The highest BCUT2D eigenvalue weighted by molar-refractivity contribution is 14.1. The zero-order valence-electron chi connectivity index (χ0n) is 21.2. The standard InChI is InChI=1S/C26H11Cl2F13INO2/c27-15-5-4-10(6-16(15)28)21(45)43-18-3-1-2-12(20(18)29)19(44)9-13-14(23(31,32)33)7-11(8-17(13)42)22(30,25(36,37)38)24(34,35)26(39,40)41/h1-8H,9H2,(H,43,45). The van der Waals surface area contributed by atoms with Crippen molar-refractivity contribution in [2.75, 3.05) is 5.32 Å². The molecule has 1 atom stereocenters. The normalized spacial score (nSPS) is 14.2. The minimum atomic E-state index is -7.26. The number of rotatable bonds is 7. The van der Waals surface area contributed by atoms with Gasteiger partial charge in [-0.05, 0) is 70.6 Å². The molecule has 0 aliphatic carbocycles. The minimum Gasteiger partial charge on any atom is -0.319 e. The first kappa shape index (κ1) is 36.7. The molecule has 45 heavy (non-hydrogen) atoms. The van der Waals surface area contributed by atoms with Gasteiger partial charge >= 0.3 is 30.1 Å². The molecule has 0 aliphatic heterocycles. The molecular weight excluding hydrogens is 803 g/mol. The average Bonchev–Trinajstić information content (AvgIpc) is 2.89. The number of nitrogens with one attached hydrogen (secondary N) is 1. The van der Waals surface area contributed by atoms with Gasteiger partial charge in [0, 0.05) is 21.1 Å². The molecule has 1 amide bonds. The predicted octanol–water partition coefficient (Wildman–Crippen LogP) is 10.4. The average molecular weight is 814 g/mol.